The summed E-state index contributed by atoms with van der Waals surface area (Å²) in [6, 6.07) is 6.92. The summed E-state index contributed by atoms with van der Waals surface area (Å²) in [4.78, 5) is 12.5. The third kappa shape index (κ3) is 2.38. The Bertz CT molecular complexity index is 787. The Morgan fingerprint density at radius 3 is 2.09 bits per heavy atom. The molecule has 0 heterocycles. The van der Waals surface area contributed by atoms with Crippen LogP contribution >= 0.6 is 0 Å². The van der Waals surface area contributed by atoms with E-state index in [-0.39, 0.29) is 46.7 Å². The number of Topliss-reactive ketones (excluding diaryl/α,β-unsaturated/α-hetero) is 1. The van der Waals surface area contributed by atoms with Crippen molar-refractivity contribution in [2.24, 2.45) is 0 Å². The first-order valence-electron chi connectivity index (χ1n) is 7.32. The molecule has 2 aromatic carbocycles. The van der Waals surface area contributed by atoms with Gasteiger partial charge in [-0.1, -0.05) is 13.8 Å². The maximum atomic E-state index is 12.5. The summed E-state index contributed by atoms with van der Waals surface area (Å²) in [6.45, 7) is 3.81. The smallest absolute Gasteiger partial charge is 0.167 e. The highest BCUT2D eigenvalue weighted by Crippen LogP contribution is 2.50. The van der Waals surface area contributed by atoms with Crippen LogP contribution in [0.25, 0.3) is 0 Å². The topological polar surface area (TPSA) is 98.0 Å². The molecule has 0 bridgehead atoms. The average Bonchev–Trinajstić information content (AvgIpc) is 2.41. The van der Waals surface area contributed by atoms with Crippen LogP contribution in [0.2, 0.25) is 0 Å². The molecule has 0 spiro atoms. The van der Waals surface area contributed by atoms with E-state index in [1.807, 2.05) is 13.8 Å². The van der Waals surface area contributed by atoms with Crippen LogP contribution in [-0.4, -0.2) is 26.2 Å². The van der Waals surface area contributed by atoms with Crippen molar-refractivity contribution in [2.75, 3.05) is 0 Å². The van der Waals surface area contributed by atoms with Gasteiger partial charge in [-0.2, -0.15) is 0 Å². The highest BCUT2D eigenvalue weighted by molar-refractivity contribution is 6.02. The number of hydrogen-bond acceptors (Lipinski definition) is 5. The standard InChI is InChI=1S/C18H18O5/c1-18(2)13(9-3-10(19)5-11(20)4-9)8-16(23)17-14(18)6-12(21)7-15(17)22/h3-7,13,19-22H,8H2,1-2H3. The third-order valence-electron chi connectivity index (χ3n) is 4.66. The molecule has 4 N–H and O–H groups in total. The Labute approximate surface area is 133 Å². The van der Waals surface area contributed by atoms with Gasteiger partial charge in [0.1, 0.15) is 23.0 Å². The lowest BCUT2D eigenvalue weighted by Crippen LogP contribution is -2.35. The Kier molecular flexibility index (Phi) is 3.25. The Hall–Kier alpha value is -2.69. The fourth-order valence-electron chi connectivity index (χ4n) is 3.50. The maximum absolute atomic E-state index is 12.5. The lowest BCUT2D eigenvalue weighted by Gasteiger charge is -2.40. The van der Waals surface area contributed by atoms with Gasteiger partial charge in [-0.3, -0.25) is 4.79 Å². The molecule has 0 saturated heterocycles. The van der Waals surface area contributed by atoms with Crippen LogP contribution in [0.15, 0.2) is 30.3 Å². The van der Waals surface area contributed by atoms with Crippen LogP contribution in [0.3, 0.4) is 0 Å². The molecule has 0 radical (unpaired) electrons. The first-order valence-corrected chi connectivity index (χ1v) is 7.32. The van der Waals surface area contributed by atoms with Gasteiger partial charge in [0.25, 0.3) is 0 Å². The van der Waals surface area contributed by atoms with E-state index in [1.54, 1.807) is 0 Å². The average molecular weight is 314 g/mol. The first kappa shape index (κ1) is 15.2. The molecule has 23 heavy (non-hydrogen) atoms. The first-order chi connectivity index (χ1) is 10.7. The number of hydrogen-bond donors (Lipinski definition) is 4. The minimum absolute atomic E-state index is 0.0761. The number of benzene rings is 2. The van der Waals surface area contributed by atoms with Crippen molar-refractivity contribution in [2.45, 2.75) is 31.6 Å². The molecule has 1 unspecified atom stereocenters. The largest absolute Gasteiger partial charge is 0.508 e. The summed E-state index contributed by atoms with van der Waals surface area (Å²) in [5.74, 6) is -1.02. The minimum atomic E-state index is -0.584. The molecule has 120 valence electrons. The van der Waals surface area contributed by atoms with Gasteiger partial charge in [-0.25, -0.2) is 0 Å². The predicted octanol–water partition coefficient (Wildman–Crippen LogP) is 3.16. The third-order valence-corrected chi connectivity index (χ3v) is 4.66. The SMILES string of the molecule is CC1(C)c2cc(O)cc(O)c2C(=O)CC1c1cc(O)cc(O)c1. The monoisotopic (exact) mass is 314 g/mol. The fourth-order valence-corrected chi connectivity index (χ4v) is 3.50. The van der Waals surface area contributed by atoms with E-state index in [1.165, 1.54) is 24.3 Å². The van der Waals surface area contributed by atoms with Crippen molar-refractivity contribution in [3.05, 3.63) is 47.0 Å². The minimum Gasteiger partial charge on any atom is -0.508 e. The second-order valence-electron chi connectivity index (χ2n) is 6.57. The van der Waals surface area contributed by atoms with Crippen LogP contribution in [0.4, 0.5) is 0 Å². The summed E-state index contributed by atoms with van der Waals surface area (Å²) in [5.41, 5.74) is 0.835. The van der Waals surface area contributed by atoms with Gasteiger partial charge < -0.3 is 20.4 Å². The van der Waals surface area contributed by atoms with Gasteiger partial charge in [-0.15, -0.1) is 0 Å². The van der Waals surface area contributed by atoms with Crippen LogP contribution < -0.4 is 0 Å². The maximum Gasteiger partial charge on any atom is 0.167 e. The molecule has 1 aliphatic rings. The number of phenolic OH excluding ortho intramolecular Hbond substituents is 4. The molecule has 1 atom stereocenters. The number of carbonyl (C=O) groups excluding carboxylic acids is 1. The van der Waals surface area contributed by atoms with Crippen molar-refractivity contribution in [1.29, 1.82) is 0 Å². The molecule has 3 rings (SSSR count). The fraction of sp³-hybridized carbons (Fsp3) is 0.278. The summed E-state index contributed by atoms with van der Waals surface area (Å²) < 4.78 is 0. The summed E-state index contributed by atoms with van der Waals surface area (Å²) in [7, 11) is 0. The van der Waals surface area contributed by atoms with E-state index < -0.39 is 5.41 Å². The van der Waals surface area contributed by atoms with E-state index in [0.29, 0.717) is 11.1 Å². The Morgan fingerprint density at radius 1 is 0.913 bits per heavy atom. The predicted molar refractivity (Wildman–Crippen MR) is 84.3 cm³/mol. The van der Waals surface area contributed by atoms with Crippen molar-refractivity contribution in [1.82, 2.24) is 0 Å². The van der Waals surface area contributed by atoms with E-state index in [9.17, 15) is 25.2 Å². The van der Waals surface area contributed by atoms with E-state index >= 15 is 0 Å². The van der Waals surface area contributed by atoms with Crippen molar-refractivity contribution < 1.29 is 25.2 Å². The molecule has 0 amide bonds. The highest BCUT2D eigenvalue weighted by Gasteiger charge is 2.42. The Morgan fingerprint density at radius 2 is 1.48 bits per heavy atom. The van der Waals surface area contributed by atoms with Crippen LogP contribution in [0.5, 0.6) is 23.0 Å². The number of phenols is 4. The zero-order chi connectivity index (χ0) is 16.9. The van der Waals surface area contributed by atoms with E-state index in [0.717, 1.165) is 6.07 Å². The number of fused-ring (bicyclic) bond motifs is 1. The Balaban J connectivity index is 2.20. The molecular weight excluding hydrogens is 296 g/mol. The van der Waals surface area contributed by atoms with Gasteiger partial charge in [0.15, 0.2) is 5.78 Å². The van der Waals surface area contributed by atoms with Crippen LogP contribution in [0.1, 0.15) is 47.7 Å². The number of rotatable bonds is 1. The highest BCUT2D eigenvalue weighted by atomic mass is 16.3. The van der Waals surface area contributed by atoms with Crippen molar-refractivity contribution >= 4 is 5.78 Å². The molecule has 2 aromatic rings. The summed E-state index contributed by atoms with van der Waals surface area (Å²) in [5, 5.41) is 39.2. The zero-order valence-corrected chi connectivity index (χ0v) is 12.9. The quantitative estimate of drug-likeness (QED) is 0.648. The second-order valence-corrected chi connectivity index (χ2v) is 6.57. The summed E-state index contributed by atoms with van der Waals surface area (Å²) >= 11 is 0. The van der Waals surface area contributed by atoms with Gasteiger partial charge in [0.2, 0.25) is 0 Å². The lowest BCUT2D eigenvalue weighted by atomic mass is 9.62. The van der Waals surface area contributed by atoms with Crippen molar-refractivity contribution in [3.8, 4) is 23.0 Å². The normalized spacial score (nSPS) is 19.4. The summed E-state index contributed by atoms with van der Waals surface area (Å²) in [6.07, 6.45) is 0.140. The lowest BCUT2D eigenvalue weighted by molar-refractivity contribution is 0.0938. The number of aromatic hydroxyl groups is 4. The second kappa shape index (κ2) is 4.91. The molecule has 5 nitrogen and oxygen atoms in total. The molecule has 5 heteroatoms. The van der Waals surface area contributed by atoms with Crippen molar-refractivity contribution in [3.63, 3.8) is 0 Å². The molecule has 0 aliphatic heterocycles. The number of ketones is 1. The molecule has 1 aliphatic carbocycles. The van der Waals surface area contributed by atoms with Gasteiger partial charge in [0.05, 0.1) is 5.56 Å². The molecule has 0 saturated carbocycles. The molecular formula is C18H18O5. The number of carbonyl (C=O) groups is 1. The van der Waals surface area contributed by atoms with E-state index in [2.05, 4.69) is 0 Å². The van der Waals surface area contributed by atoms with Gasteiger partial charge >= 0.3 is 0 Å². The molecule has 0 aromatic heterocycles. The van der Waals surface area contributed by atoms with E-state index in [4.69, 9.17) is 0 Å². The van der Waals surface area contributed by atoms with Gasteiger partial charge in [-0.05, 0) is 34.7 Å². The van der Waals surface area contributed by atoms with Crippen LogP contribution in [-0.2, 0) is 5.41 Å². The zero-order valence-electron chi connectivity index (χ0n) is 12.9. The molecule has 0 fully saturated rings. The van der Waals surface area contributed by atoms with Crippen LogP contribution in [0, 0.1) is 0 Å². The van der Waals surface area contributed by atoms with Gasteiger partial charge in [0, 0.05) is 24.5 Å².